The molecule has 0 aliphatic rings. The van der Waals surface area contributed by atoms with Crippen LogP contribution in [0.2, 0.25) is 0 Å². The fraction of sp³-hybridized carbons (Fsp3) is 0.0500. The zero-order valence-electron chi connectivity index (χ0n) is 15.7. The molecule has 10 heteroatoms. The van der Waals surface area contributed by atoms with Crippen LogP contribution in [0.25, 0.3) is 16.6 Å². The highest BCUT2D eigenvalue weighted by molar-refractivity contribution is 7.71. The minimum atomic E-state index is -0.605. The summed E-state index contributed by atoms with van der Waals surface area (Å²) >= 11 is 5.12. The first-order valence-corrected chi connectivity index (χ1v) is 9.24. The van der Waals surface area contributed by atoms with Crippen LogP contribution in [0.3, 0.4) is 0 Å². The summed E-state index contributed by atoms with van der Waals surface area (Å²) in [6, 6.07) is 13.2. The number of anilines is 1. The number of aromatic nitrogens is 4. The fourth-order valence-electron chi connectivity index (χ4n) is 2.95. The Morgan fingerprint density at radius 3 is 2.53 bits per heavy atom. The van der Waals surface area contributed by atoms with Gasteiger partial charge in [-0.05, 0) is 60.7 Å². The summed E-state index contributed by atoms with van der Waals surface area (Å²) in [6.45, 7) is 0. The number of H-pyrrole nitrogens is 1. The minimum absolute atomic E-state index is 0.164. The van der Waals surface area contributed by atoms with Crippen LogP contribution in [0, 0.1) is 4.77 Å². The highest BCUT2D eigenvalue weighted by Gasteiger charge is 2.11. The van der Waals surface area contributed by atoms with Gasteiger partial charge in [-0.2, -0.15) is 5.10 Å². The molecule has 0 bridgehead atoms. The fourth-order valence-corrected chi connectivity index (χ4v) is 3.14. The average molecular weight is 420 g/mol. The maximum Gasteiger partial charge on any atom is 0.269 e. The molecule has 0 aliphatic heterocycles. The van der Waals surface area contributed by atoms with Crippen LogP contribution in [-0.2, 0) is 7.05 Å². The molecular formula is C20H16N6O3S. The van der Waals surface area contributed by atoms with E-state index < -0.39 is 5.91 Å². The lowest BCUT2D eigenvalue weighted by Gasteiger charge is -2.08. The third-order valence-corrected chi connectivity index (χ3v) is 4.97. The highest BCUT2D eigenvalue weighted by Crippen LogP contribution is 2.16. The second-order valence-electron chi connectivity index (χ2n) is 6.57. The molecule has 0 unspecified atom stereocenters. The summed E-state index contributed by atoms with van der Waals surface area (Å²) in [5.41, 5.74) is 7.30. The predicted molar refractivity (Wildman–Crippen MR) is 114 cm³/mol. The number of nitrogens with one attached hydrogen (secondary N) is 2. The average Bonchev–Trinajstić information content (AvgIpc) is 3.23. The van der Waals surface area contributed by atoms with E-state index in [1.807, 2.05) is 0 Å². The molecule has 4 N–H and O–H groups in total. The molecule has 0 saturated heterocycles. The van der Waals surface area contributed by atoms with Gasteiger partial charge in [-0.1, -0.05) is 0 Å². The van der Waals surface area contributed by atoms with Gasteiger partial charge in [-0.3, -0.25) is 19.0 Å². The first-order chi connectivity index (χ1) is 14.3. The Labute approximate surface area is 174 Å². The number of hydrogen-bond acceptors (Lipinski definition) is 5. The largest absolute Gasteiger partial charge is 0.364 e. The van der Waals surface area contributed by atoms with Gasteiger partial charge in [-0.15, -0.1) is 0 Å². The monoisotopic (exact) mass is 420 g/mol. The summed E-state index contributed by atoms with van der Waals surface area (Å²) in [5, 5.41) is 7.33. The molecular weight excluding hydrogens is 404 g/mol. The normalized spacial score (nSPS) is 10.8. The lowest BCUT2D eigenvalue weighted by Crippen LogP contribution is -2.19. The Balaban J connectivity index is 1.56. The van der Waals surface area contributed by atoms with Crippen LogP contribution >= 0.6 is 12.2 Å². The van der Waals surface area contributed by atoms with Gasteiger partial charge in [0, 0.05) is 24.5 Å². The second-order valence-corrected chi connectivity index (χ2v) is 6.95. The number of aromatic amines is 1. The van der Waals surface area contributed by atoms with E-state index in [2.05, 4.69) is 15.4 Å². The highest BCUT2D eigenvalue weighted by atomic mass is 32.1. The number of primary amides is 1. The Bertz CT molecular complexity index is 1420. The summed E-state index contributed by atoms with van der Waals surface area (Å²) < 4.78 is 3.13. The number of fused-ring (bicyclic) bond motifs is 1. The van der Waals surface area contributed by atoms with Crippen LogP contribution in [0.5, 0.6) is 0 Å². The van der Waals surface area contributed by atoms with E-state index in [4.69, 9.17) is 18.0 Å². The smallest absolute Gasteiger partial charge is 0.269 e. The van der Waals surface area contributed by atoms with Gasteiger partial charge in [-0.25, -0.2) is 4.68 Å². The molecule has 4 rings (SSSR count). The Morgan fingerprint density at radius 2 is 1.87 bits per heavy atom. The van der Waals surface area contributed by atoms with Crippen molar-refractivity contribution in [2.24, 2.45) is 12.8 Å². The van der Waals surface area contributed by atoms with Crippen molar-refractivity contribution in [2.45, 2.75) is 0 Å². The van der Waals surface area contributed by atoms with E-state index in [0.717, 1.165) is 0 Å². The molecule has 0 aliphatic carbocycles. The van der Waals surface area contributed by atoms with Crippen molar-refractivity contribution in [3.8, 4) is 5.69 Å². The molecule has 0 atom stereocenters. The Morgan fingerprint density at radius 1 is 1.13 bits per heavy atom. The van der Waals surface area contributed by atoms with Crippen molar-refractivity contribution in [2.75, 3.05) is 5.32 Å². The van der Waals surface area contributed by atoms with Crippen molar-refractivity contribution in [3.63, 3.8) is 0 Å². The quantitative estimate of drug-likeness (QED) is 0.436. The number of amides is 2. The third-order valence-electron chi connectivity index (χ3n) is 4.59. The number of carbonyl (C=O) groups excluding carboxylic acids is 2. The molecule has 150 valence electrons. The number of rotatable bonds is 4. The molecule has 4 aromatic rings. The third kappa shape index (κ3) is 3.51. The minimum Gasteiger partial charge on any atom is -0.364 e. The lowest BCUT2D eigenvalue weighted by molar-refractivity contribution is 0.0993. The maximum absolute atomic E-state index is 12.6. The van der Waals surface area contributed by atoms with Gasteiger partial charge in [0.05, 0.1) is 16.6 Å². The van der Waals surface area contributed by atoms with E-state index in [1.165, 1.54) is 15.3 Å². The second kappa shape index (κ2) is 7.41. The van der Waals surface area contributed by atoms with Gasteiger partial charge in [0.15, 0.2) is 4.77 Å². The molecule has 9 nitrogen and oxygen atoms in total. The number of nitrogens with zero attached hydrogens (tertiary/aromatic N) is 3. The van der Waals surface area contributed by atoms with Gasteiger partial charge < -0.3 is 16.0 Å². The van der Waals surface area contributed by atoms with Gasteiger partial charge in [0.2, 0.25) is 0 Å². The van der Waals surface area contributed by atoms with Crippen molar-refractivity contribution in [1.29, 1.82) is 0 Å². The SMILES string of the molecule is Cn1c(=S)[nH]c2cc(C(=O)Nc3ccc(-n4ccc(C(N)=O)n4)cc3)ccc2c1=O. The van der Waals surface area contributed by atoms with Crippen LogP contribution in [0.1, 0.15) is 20.8 Å². The van der Waals surface area contributed by atoms with Crippen molar-refractivity contribution >= 4 is 40.6 Å². The molecule has 0 fully saturated rings. The molecule has 2 heterocycles. The number of benzene rings is 2. The first-order valence-electron chi connectivity index (χ1n) is 8.84. The zero-order chi connectivity index (χ0) is 21.4. The maximum atomic E-state index is 12.6. The number of carbonyl (C=O) groups is 2. The van der Waals surface area contributed by atoms with E-state index in [0.29, 0.717) is 27.8 Å². The van der Waals surface area contributed by atoms with E-state index >= 15 is 0 Å². The molecule has 2 aromatic carbocycles. The van der Waals surface area contributed by atoms with E-state index in [9.17, 15) is 14.4 Å². The van der Waals surface area contributed by atoms with E-state index in [1.54, 1.807) is 55.7 Å². The summed E-state index contributed by atoms with van der Waals surface area (Å²) in [7, 11) is 1.59. The van der Waals surface area contributed by atoms with Crippen LogP contribution in [0.4, 0.5) is 5.69 Å². The first kappa shape index (κ1) is 19.3. The van der Waals surface area contributed by atoms with Crippen molar-refractivity contribution in [1.82, 2.24) is 19.3 Å². The van der Waals surface area contributed by atoms with Crippen molar-refractivity contribution < 1.29 is 9.59 Å². The standard InChI is InChI=1S/C20H16N6O3S/c1-25-19(29)14-7-2-11(10-16(14)23-20(25)30)18(28)22-12-3-5-13(6-4-12)26-9-8-15(24-26)17(21)27/h2-10H,1H3,(H2,21,27)(H,22,28)(H,23,30). The summed E-state index contributed by atoms with van der Waals surface area (Å²) in [4.78, 5) is 39.0. The molecule has 0 spiro atoms. The Kier molecular flexibility index (Phi) is 4.76. The molecule has 0 saturated carbocycles. The van der Waals surface area contributed by atoms with Crippen LogP contribution in [0.15, 0.2) is 59.5 Å². The summed E-state index contributed by atoms with van der Waals surface area (Å²) in [6.07, 6.45) is 1.62. The predicted octanol–water partition coefficient (Wildman–Crippen LogP) is 2.13. The number of nitrogens with two attached hydrogens (primary N) is 1. The number of hydrogen-bond donors (Lipinski definition) is 3. The van der Waals surface area contributed by atoms with Gasteiger partial charge in [0.1, 0.15) is 5.69 Å². The van der Waals surface area contributed by atoms with E-state index in [-0.39, 0.29) is 21.9 Å². The molecule has 30 heavy (non-hydrogen) atoms. The van der Waals surface area contributed by atoms with Gasteiger partial charge >= 0.3 is 0 Å². The van der Waals surface area contributed by atoms with Crippen LogP contribution in [-0.4, -0.2) is 31.1 Å². The molecule has 2 amide bonds. The van der Waals surface area contributed by atoms with Gasteiger partial charge in [0.25, 0.3) is 17.4 Å². The zero-order valence-corrected chi connectivity index (χ0v) is 16.6. The topological polar surface area (TPSA) is 128 Å². The Hall–Kier alpha value is -4.05. The van der Waals surface area contributed by atoms with Crippen LogP contribution < -0.4 is 16.6 Å². The van der Waals surface area contributed by atoms with Crippen molar-refractivity contribution in [3.05, 3.63) is 81.1 Å². The summed E-state index contributed by atoms with van der Waals surface area (Å²) in [5.74, 6) is -0.939. The molecule has 0 radical (unpaired) electrons. The lowest BCUT2D eigenvalue weighted by atomic mass is 10.1. The molecule has 2 aromatic heterocycles.